The highest BCUT2D eigenvalue weighted by Crippen LogP contribution is 2.26. The lowest BCUT2D eigenvalue weighted by molar-refractivity contribution is -0.120. The molecule has 7 heteroatoms. The number of piperidine rings is 1. The van der Waals surface area contributed by atoms with Gasteiger partial charge in [-0.25, -0.2) is 9.97 Å². The van der Waals surface area contributed by atoms with Gasteiger partial charge in [0.15, 0.2) is 0 Å². The molecular formula is C19H22N6O. The Bertz CT molecular complexity index is 979. The van der Waals surface area contributed by atoms with Gasteiger partial charge in [0.2, 0.25) is 0 Å². The number of aryl methyl sites for hydroxylation is 3. The van der Waals surface area contributed by atoms with Gasteiger partial charge in [-0.1, -0.05) is 12.1 Å². The van der Waals surface area contributed by atoms with Crippen LogP contribution in [0, 0.1) is 13.8 Å². The largest absolute Gasteiger partial charge is 0.358 e. The Morgan fingerprint density at radius 2 is 2.08 bits per heavy atom. The van der Waals surface area contributed by atoms with Gasteiger partial charge in [0.05, 0.1) is 11.2 Å². The van der Waals surface area contributed by atoms with Crippen molar-refractivity contribution in [3.63, 3.8) is 0 Å². The topological polar surface area (TPSA) is 75.9 Å². The van der Waals surface area contributed by atoms with Crippen LogP contribution in [0.25, 0.3) is 10.9 Å². The maximum absolute atomic E-state index is 13.1. The molecule has 1 amide bonds. The van der Waals surface area contributed by atoms with E-state index in [9.17, 15) is 4.79 Å². The number of fused-ring (bicyclic) bond motifs is 1. The quantitative estimate of drug-likeness (QED) is 0.786. The maximum atomic E-state index is 13.1. The molecule has 1 aliphatic heterocycles. The van der Waals surface area contributed by atoms with Crippen LogP contribution in [0.5, 0.6) is 0 Å². The minimum absolute atomic E-state index is 0.0543. The van der Waals surface area contributed by atoms with E-state index >= 15 is 0 Å². The van der Waals surface area contributed by atoms with E-state index in [2.05, 4.69) is 20.4 Å². The second-order valence-electron chi connectivity index (χ2n) is 6.79. The molecule has 1 aromatic carbocycles. The summed E-state index contributed by atoms with van der Waals surface area (Å²) in [6, 6.07) is 7.64. The van der Waals surface area contributed by atoms with Crippen molar-refractivity contribution in [1.29, 1.82) is 0 Å². The molecule has 134 valence electrons. The van der Waals surface area contributed by atoms with Gasteiger partial charge in [-0.05, 0) is 38.3 Å². The smallest absolute Gasteiger partial charge is 0.250 e. The number of nitrogens with one attached hydrogen (secondary N) is 1. The third kappa shape index (κ3) is 2.79. The van der Waals surface area contributed by atoms with Crippen molar-refractivity contribution in [2.24, 2.45) is 7.05 Å². The number of hydrogen-bond acceptors (Lipinski definition) is 5. The fourth-order valence-electron chi connectivity index (χ4n) is 3.60. The number of anilines is 2. The van der Waals surface area contributed by atoms with Crippen LogP contribution in [0.2, 0.25) is 0 Å². The molecule has 7 nitrogen and oxygen atoms in total. The minimum Gasteiger partial charge on any atom is -0.358 e. The van der Waals surface area contributed by atoms with Crippen molar-refractivity contribution in [2.45, 2.75) is 32.7 Å². The molecule has 3 heterocycles. The summed E-state index contributed by atoms with van der Waals surface area (Å²) in [4.78, 5) is 23.6. The maximum Gasteiger partial charge on any atom is 0.250 e. The van der Waals surface area contributed by atoms with E-state index in [1.54, 1.807) is 11.0 Å². The van der Waals surface area contributed by atoms with Gasteiger partial charge in [0.25, 0.3) is 5.91 Å². The van der Waals surface area contributed by atoms with Crippen molar-refractivity contribution in [1.82, 2.24) is 19.7 Å². The summed E-state index contributed by atoms with van der Waals surface area (Å²) in [6.45, 7) is 4.67. The molecule has 0 bridgehead atoms. The third-order valence-electron chi connectivity index (χ3n) is 4.87. The lowest BCUT2D eigenvalue weighted by Crippen LogP contribution is -2.48. The van der Waals surface area contributed by atoms with E-state index in [1.165, 1.54) is 0 Å². The summed E-state index contributed by atoms with van der Waals surface area (Å²) >= 11 is 0. The van der Waals surface area contributed by atoms with Gasteiger partial charge < -0.3 is 5.32 Å². The number of amides is 1. The minimum atomic E-state index is -0.308. The van der Waals surface area contributed by atoms with E-state index in [4.69, 9.17) is 0 Å². The summed E-state index contributed by atoms with van der Waals surface area (Å²) < 4.78 is 1.76. The molecule has 2 aromatic heterocycles. The highest BCUT2D eigenvalue weighted by molar-refractivity contribution is 6.00. The normalized spacial score (nSPS) is 17.7. The van der Waals surface area contributed by atoms with Crippen LogP contribution in [-0.4, -0.2) is 38.2 Å². The van der Waals surface area contributed by atoms with Gasteiger partial charge in [-0.2, -0.15) is 5.10 Å². The summed E-state index contributed by atoms with van der Waals surface area (Å²) in [5.41, 5.74) is 2.91. The predicted molar refractivity (Wildman–Crippen MR) is 101 cm³/mol. The number of carbonyl (C=O) groups excluding carboxylic acids is 1. The average molecular weight is 350 g/mol. The molecule has 1 aliphatic rings. The summed E-state index contributed by atoms with van der Waals surface area (Å²) in [7, 11) is 1.87. The van der Waals surface area contributed by atoms with E-state index in [0.717, 1.165) is 40.8 Å². The van der Waals surface area contributed by atoms with Gasteiger partial charge in [-0.15, -0.1) is 0 Å². The monoisotopic (exact) mass is 350 g/mol. The average Bonchev–Trinajstić information content (AvgIpc) is 2.96. The SMILES string of the molecule is Cc1cc(N2CCCC(Nc3ncnc4c(C)cccc34)C2=O)n(C)n1. The first-order chi connectivity index (χ1) is 12.5. The van der Waals surface area contributed by atoms with Gasteiger partial charge in [0.1, 0.15) is 24.0 Å². The molecule has 0 spiro atoms. The van der Waals surface area contributed by atoms with Crippen LogP contribution in [0.15, 0.2) is 30.6 Å². The lowest BCUT2D eigenvalue weighted by Gasteiger charge is -2.32. The van der Waals surface area contributed by atoms with Crippen LogP contribution >= 0.6 is 0 Å². The predicted octanol–water partition coefficient (Wildman–Crippen LogP) is 2.59. The Labute approximate surface area is 152 Å². The highest BCUT2D eigenvalue weighted by Gasteiger charge is 2.31. The Hall–Kier alpha value is -2.96. The second-order valence-corrected chi connectivity index (χ2v) is 6.79. The highest BCUT2D eigenvalue weighted by atomic mass is 16.2. The van der Waals surface area contributed by atoms with Gasteiger partial charge in [0, 0.05) is 25.0 Å². The molecule has 1 atom stereocenters. The van der Waals surface area contributed by atoms with E-state index < -0.39 is 0 Å². The lowest BCUT2D eigenvalue weighted by atomic mass is 10.0. The molecule has 1 N–H and O–H groups in total. The molecule has 0 saturated carbocycles. The standard InChI is InChI=1S/C19H22N6O/c1-12-6-4-7-14-17(12)20-11-21-18(14)22-15-8-5-9-25(19(15)26)16-10-13(2)23-24(16)3/h4,6-7,10-11,15H,5,8-9H2,1-3H3,(H,20,21,22). The molecular weight excluding hydrogens is 328 g/mol. The number of benzene rings is 1. The summed E-state index contributed by atoms with van der Waals surface area (Å²) in [5.74, 6) is 1.60. The van der Waals surface area contributed by atoms with Crippen LogP contribution in [0.4, 0.5) is 11.6 Å². The van der Waals surface area contributed by atoms with Crippen molar-refractivity contribution in [2.75, 3.05) is 16.8 Å². The van der Waals surface area contributed by atoms with Gasteiger partial charge in [-0.3, -0.25) is 14.4 Å². The zero-order valence-electron chi connectivity index (χ0n) is 15.2. The molecule has 26 heavy (non-hydrogen) atoms. The fraction of sp³-hybridized carbons (Fsp3) is 0.368. The number of para-hydroxylation sites is 1. The molecule has 0 aliphatic carbocycles. The van der Waals surface area contributed by atoms with E-state index in [1.807, 2.05) is 50.1 Å². The first-order valence-corrected chi connectivity index (χ1v) is 8.83. The van der Waals surface area contributed by atoms with E-state index in [-0.39, 0.29) is 11.9 Å². The van der Waals surface area contributed by atoms with E-state index in [0.29, 0.717) is 12.4 Å². The zero-order valence-corrected chi connectivity index (χ0v) is 15.2. The van der Waals surface area contributed by atoms with Crippen molar-refractivity contribution in [3.8, 4) is 0 Å². The molecule has 1 saturated heterocycles. The number of aromatic nitrogens is 4. The Morgan fingerprint density at radius 1 is 1.23 bits per heavy atom. The number of carbonyl (C=O) groups is 1. The molecule has 1 fully saturated rings. The third-order valence-corrected chi connectivity index (χ3v) is 4.87. The van der Waals surface area contributed by atoms with Crippen molar-refractivity contribution < 1.29 is 4.79 Å². The summed E-state index contributed by atoms with van der Waals surface area (Å²) in [6.07, 6.45) is 3.26. The number of nitrogens with zero attached hydrogens (tertiary/aromatic N) is 5. The van der Waals surface area contributed by atoms with Crippen LogP contribution in [-0.2, 0) is 11.8 Å². The van der Waals surface area contributed by atoms with Crippen molar-refractivity contribution in [3.05, 3.63) is 41.9 Å². The first-order valence-electron chi connectivity index (χ1n) is 8.83. The van der Waals surface area contributed by atoms with Crippen LogP contribution < -0.4 is 10.2 Å². The Kier molecular flexibility index (Phi) is 4.06. The second kappa shape index (κ2) is 6.40. The Morgan fingerprint density at radius 3 is 2.85 bits per heavy atom. The van der Waals surface area contributed by atoms with Crippen LogP contribution in [0.1, 0.15) is 24.1 Å². The fourth-order valence-corrected chi connectivity index (χ4v) is 3.60. The van der Waals surface area contributed by atoms with Crippen LogP contribution in [0.3, 0.4) is 0 Å². The van der Waals surface area contributed by atoms with Crippen molar-refractivity contribution >= 4 is 28.4 Å². The molecule has 4 rings (SSSR count). The zero-order chi connectivity index (χ0) is 18.3. The Balaban J connectivity index is 1.64. The number of hydrogen-bond donors (Lipinski definition) is 1. The van der Waals surface area contributed by atoms with Gasteiger partial charge >= 0.3 is 0 Å². The first kappa shape index (κ1) is 16.5. The molecule has 1 unspecified atom stereocenters. The summed E-state index contributed by atoms with van der Waals surface area (Å²) in [5, 5.41) is 8.66. The number of rotatable bonds is 3. The molecule has 3 aromatic rings. The molecule has 0 radical (unpaired) electrons.